The molecule has 2 unspecified atom stereocenters. The third-order valence-corrected chi connectivity index (χ3v) is 15.7. The van der Waals surface area contributed by atoms with Crippen molar-refractivity contribution >= 4 is 17.9 Å². The Labute approximate surface area is 490 Å². The number of esters is 2. The maximum Gasteiger partial charge on any atom is 0.361 e. The number of allylic oxidation sites excluding steroid dienone is 4. The number of carbonyl (C=O) groups is 3. The minimum absolute atomic E-state index is 0.178. The highest BCUT2D eigenvalue weighted by Gasteiger charge is 2.25. The average Bonchev–Trinajstić information content (AvgIpc) is 3.42. The average molecular weight is 1120 g/mol. The zero-order valence-corrected chi connectivity index (χ0v) is 53.3. The van der Waals surface area contributed by atoms with E-state index in [-0.39, 0.29) is 32.2 Å². The molecule has 0 spiro atoms. The second kappa shape index (κ2) is 61.8. The van der Waals surface area contributed by atoms with Crippen molar-refractivity contribution in [3.8, 4) is 0 Å². The number of aliphatic carboxylic acids is 1. The van der Waals surface area contributed by atoms with Crippen molar-refractivity contribution in [2.45, 2.75) is 360 Å². The molecule has 0 saturated carbocycles. The van der Waals surface area contributed by atoms with Crippen LogP contribution >= 0.6 is 0 Å². The van der Waals surface area contributed by atoms with Crippen molar-refractivity contribution < 1.29 is 42.9 Å². The van der Waals surface area contributed by atoms with E-state index >= 15 is 0 Å². The molecule has 0 aliphatic rings. The molecule has 0 bridgehead atoms. The number of unbranched alkanes of at least 4 members (excludes halogenated alkanes) is 46. The lowest BCUT2D eigenvalue weighted by Crippen LogP contribution is -2.40. The van der Waals surface area contributed by atoms with E-state index in [9.17, 15) is 19.5 Å². The highest BCUT2D eigenvalue weighted by Crippen LogP contribution is 2.19. The molecule has 0 aromatic carbocycles. The van der Waals surface area contributed by atoms with Crippen LogP contribution in [0.3, 0.4) is 0 Å². The summed E-state index contributed by atoms with van der Waals surface area (Å²) in [6.07, 6.45) is 73.0. The lowest BCUT2D eigenvalue weighted by molar-refractivity contribution is -0.870. The summed E-state index contributed by atoms with van der Waals surface area (Å²) in [4.78, 5) is 37.6. The normalized spacial score (nSPS) is 12.8. The van der Waals surface area contributed by atoms with Crippen LogP contribution in [0.4, 0.5) is 0 Å². The molecule has 0 amide bonds. The first-order valence-corrected chi connectivity index (χ1v) is 34.5. The quantitative estimate of drug-likeness (QED) is 0.0211. The molecule has 0 aliphatic heterocycles. The number of hydrogen-bond acceptors (Lipinski definition) is 7. The van der Waals surface area contributed by atoms with Crippen molar-refractivity contribution in [2.75, 3.05) is 47.5 Å². The summed E-state index contributed by atoms with van der Waals surface area (Å²) in [7, 11) is 5.98. The fraction of sp³-hybridized carbons (Fsp3) is 0.900. The minimum atomic E-state index is -1.51. The van der Waals surface area contributed by atoms with Gasteiger partial charge in [0.2, 0.25) is 0 Å². The summed E-state index contributed by atoms with van der Waals surface area (Å²) >= 11 is 0. The smallest absolute Gasteiger partial charge is 0.361 e. The zero-order valence-electron chi connectivity index (χ0n) is 53.3. The number of nitrogens with zero attached hydrogens (tertiary/aromatic N) is 1. The highest BCUT2D eigenvalue weighted by molar-refractivity contribution is 5.71. The molecule has 79 heavy (non-hydrogen) atoms. The second-order valence-corrected chi connectivity index (χ2v) is 24.8. The number of carbonyl (C=O) groups excluding carboxylic acids is 2. The Morgan fingerprint density at radius 3 is 1.00 bits per heavy atom. The first-order valence-electron chi connectivity index (χ1n) is 34.5. The molecule has 0 fully saturated rings. The van der Waals surface area contributed by atoms with Crippen LogP contribution in [-0.2, 0) is 33.3 Å². The van der Waals surface area contributed by atoms with Gasteiger partial charge >= 0.3 is 17.9 Å². The van der Waals surface area contributed by atoms with Gasteiger partial charge in [0.25, 0.3) is 6.29 Å². The van der Waals surface area contributed by atoms with Crippen molar-refractivity contribution in [1.29, 1.82) is 0 Å². The Morgan fingerprint density at radius 2 is 0.684 bits per heavy atom. The molecule has 9 nitrogen and oxygen atoms in total. The van der Waals surface area contributed by atoms with Gasteiger partial charge in [0, 0.05) is 12.8 Å². The predicted octanol–water partition coefficient (Wildman–Crippen LogP) is 21.0. The van der Waals surface area contributed by atoms with Gasteiger partial charge in [-0.05, 0) is 44.9 Å². The summed E-state index contributed by atoms with van der Waals surface area (Å²) in [5.74, 6) is -1.99. The topological polar surface area (TPSA) is 108 Å². The summed E-state index contributed by atoms with van der Waals surface area (Å²) < 4.78 is 23.0. The summed E-state index contributed by atoms with van der Waals surface area (Å²) in [6, 6.07) is 0. The molecule has 0 saturated heterocycles. The van der Waals surface area contributed by atoms with Crippen LogP contribution in [-0.4, -0.2) is 87.4 Å². The lowest BCUT2D eigenvalue weighted by atomic mass is 10.0. The van der Waals surface area contributed by atoms with Gasteiger partial charge in [0.15, 0.2) is 6.10 Å². The fourth-order valence-electron chi connectivity index (χ4n) is 10.4. The number of quaternary nitrogens is 1. The molecule has 0 aromatic rings. The Balaban J connectivity index is 4.03. The number of likely N-dealkylation sites (N-methyl/N-ethyl adjacent to an activating group) is 1. The van der Waals surface area contributed by atoms with Gasteiger partial charge < -0.3 is 28.5 Å². The third kappa shape index (κ3) is 63.2. The van der Waals surface area contributed by atoms with E-state index in [1.165, 1.54) is 270 Å². The van der Waals surface area contributed by atoms with Crippen LogP contribution in [0.15, 0.2) is 24.3 Å². The number of ether oxygens (including phenoxy) is 4. The number of hydrogen-bond donors (Lipinski definition) is 1. The van der Waals surface area contributed by atoms with Gasteiger partial charge in [-0.15, -0.1) is 0 Å². The van der Waals surface area contributed by atoms with Crippen LogP contribution in [0.1, 0.15) is 348 Å². The molecule has 2 atom stereocenters. The molecule has 0 heterocycles. The predicted molar refractivity (Wildman–Crippen MR) is 337 cm³/mol. The van der Waals surface area contributed by atoms with Crippen LogP contribution in [0.2, 0.25) is 0 Å². The maximum atomic E-state index is 12.9. The summed E-state index contributed by atoms with van der Waals surface area (Å²) in [5, 5.41) is 9.73. The Kier molecular flexibility index (Phi) is 60.1. The first kappa shape index (κ1) is 76.8. The molecule has 0 radical (unpaired) electrons. The zero-order chi connectivity index (χ0) is 57.6. The molecule has 1 N–H and O–H groups in total. The van der Waals surface area contributed by atoms with E-state index in [4.69, 9.17) is 18.9 Å². The van der Waals surface area contributed by atoms with Crippen molar-refractivity contribution in [3.05, 3.63) is 24.3 Å². The summed E-state index contributed by atoms with van der Waals surface area (Å²) in [6.45, 7) is 4.93. The molecular weight excluding hydrogens is 983 g/mol. The van der Waals surface area contributed by atoms with Crippen LogP contribution in [0.25, 0.3) is 0 Å². The van der Waals surface area contributed by atoms with Gasteiger partial charge in [0.05, 0.1) is 34.4 Å². The molecular formula is C70H134NO8+. The number of carboxylic acid groups (broad SMARTS) is 1. The SMILES string of the molecule is CCCCCCC/C=C\C/C=C\CCCCCCCCCCCC(=O)OC(COC(=O)CCCCCCCCCCCCCCCCCCCCCCCCCCCCCCCCCCC)COC(OCC[N+](C)(C)C)C(=O)O. The van der Waals surface area contributed by atoms with Crippen LogP contribution < -0.4 is 0 Å². The number of rotatable bonds is 65. The van der Waals surface area contributed by atoms with E-state index in [0.29, 0.717) is 17.4 Å². The molecule has 0 aromatic heterocycles. The van der Waals surface area contributed by atoms with Crippen LogP contribution in [0, 0.1) is 0 Å². The maximum absolute atomic E-state index is 12.9. The largest absolute Gasteiger partial charge is 0.477 e. The molecule has 466 valence electrons. The van der Waals surface area contributed by atoms with Gasteiger partial charge in [-0.1, -0.05) is 314 Å². The fourth-order valence-corrected chi connectivity index (χ4v) is 10.4. The van der Waals surface area contributed by atoms with E-state index < -0.39 is 24.3 Å². The van der Waals surface area contributed by atoms with E-state index in [0.717, 1.165) is 51.4 Å². The first-order chi connectivity index (χ1) is 38.6. The van der Waals surface area contributed by atoms with Crippen LogP contribution in [0.5, 0.6) is 0 Å². The van der Waals surface area contributed by atoms with Crippen molar-refractivity contribution in [3.63, 3.8) is 0 Å². The van der Waals surface area contributed by atoms with E-state index in [2.05, 4.69) is 38.2 Å². The second-order valence-electron chi connectivity index (χ2n) is 24.8. The monoisotopic (exact) mass is 1120 g/mol. The summed E-state index contributed by atoms with van der Waals surface area (Å²) in [5.41, 5.74) is 0. The Hall–Kier alpha value is -2.23. The lowest BCUT2D eigenvalue weighted by Gasteiger charge is -2.25. The van der Waals surface area contributed by atoms with E-state index in [1.54, 1.807) is 0 Å². The van der Waals surface area contributed by atoms with Gasteiger partial charge in [0.1, 0.15) is 13.2 Å². The standard InChI is InChI=1S/C70H133NO8/c1-6-8-10-12-14-16-18-20-22-24-26-28-29-30-31-32-33-34-35-36-37-38-39-41-42-44-46-48-50-52-54-56-58-60-67(72)77-64-66(65-78-70(69(74)75)76-63-62-71(3,4)5)79-68(73)61-59-57-55-53-51-49-47-45-43-40-27-25-23-21-19-17-15-13-11-9-7-2/h19,21,25,27,66,70H,6-18,20,22-24,26,28-65H2,1-5H3/p+1/b21-19-,27-25-. The molecule has 0 aliphatic carbocycles. The minimum Gasteiger partial charge on any atom is -0.477 e. The third-order valence-electron chi connectivity index (χ3n) is 15.7. The molecule has 0 rings (SSSR count). The number of carboxylic acids is 1. The van der Waals surface area contributed by atoms with E-state index in [1.807, 2.05) is 21.1 Å². The van der Waals surface area contributed by atoms with Gasteiger partial charge in [-0.3, -0.25) is 9.59 Å². The molecule has 9 heteroatoms. The highest BCUT2D eigenvalue weighted by atomic mass is 16.7. The Bertz CT molecular complexity index is 1340. The van der Waals surface area contributed by atoms with Crippen molar-refractivity contribution in [2.24, 2.45) is 0 Å². The van der Waals surface area contributed by atoms with Gasteiger partial charge in [-0.2, -0.15) is 0 Å². The Morgan fingerprint density at radius 1 is 0.380 bits per heavy atom. The van der Waals surface area contributed by atoms with Crippen molar-refractivity contribution in [1.82, 2.24) is 0 Å². The van der Waals surface area contributed by atoms with Gasteiger partial charge in [-0.25, -0.2) is 4.79 Å².